The zero-order valence-corrected chi connectivity index (χ0v) is 27.0. The largest absolute Gasteiger partial charge is 0.352 e. The van der Waals surface area contributed by atoms with E-state index in [2.05, 4.69) is 21.2 Å². The molecule has 0 aliphatic carbocycles. The lowest BCUT2D eigenvalue weighted by Gasteiger charge is -2.34. The van der Waals surface area contributed by atoms with E-state index in [1.54, 1.807) is 18.2 Å². The summed E-state index contributed by atoms with van der Waals surface area (Å²) in [5, 5.41) is 3.01. The summed E-state index contributed by atoms with van der Waals surface area (Å²) >= 11 is 3.44. The maximum absolute atomic E-state index is 14.4. The molecule has 10 heteroatoms. The molecule has 2 atom stereocenters. The Morgan fingerprint density at radius 3 is 2.02 bits per heavy atom. The number of anilines is 1. The second-order valence-electron chi connectivity index (χ2n) is 10.5. The van der Waals surface area contributed by atoms with Gasteiger partial charge in [-0.05, 0) is 73.0 Å². The molecule has 0 aromatic heterocycles. The van der Waals surface area contributed by atoms with E-state index in [9.17, 15) is 22.4 Å². The van der Waals surface area contributed by atoms with Crippen molar-refractivity contribution in [3.63, 3.8) is 0 Å². The van der Waals surface area contributed by atoms with Crippen molar-refractivity contribution < 1.29 is 22.4 Å². The smallest absolute Gasteiger partial charge is 0.264 e. The van der Waals surface area contributed by atoms with Crippen molar-refractivity contribution in [2.24, 2.45) is 0 Å². The molecule has 7 nitrogen and oxygen atoms in total. The molecule has 0 radical (unpaired) electrons. The van der Waals surface area contributed by atoms with Crippen LogP contribution < -0.4 is 9.62 Å². The highest BCUT2D eigenvalue weighted by Crippen LogP contribution is 2.25. The first-order valence-electron chi connectivity index (χ1n) is 14.3. The normalized spacial score (nSPS) is 12.6. The van der Waals surface area contributed by atoms with E-state index in [0.717, 1.165) is 32.0 Å². The molecule has 4 aromatic rings. The molecule has 4 rings (SSSR count). The SMILES string of the molecule is CCC(C)NC(=O)C(Cc1ccccc1)N(Cc1ccc(Br)cc1)C(=O)CN(c1ccc(F)cc1)S(=O)(=O)c1ccccc1. The van der Waals surface area contributed by atoms with E-state index >= 15 is 0 Å². The van der Waals surface area contributed by atoms with Crippen LogP contribution in [0.4, 0.5) is 10.1 Å². The Labute approximate surface area is 266 Å². The van der Waals surface area contributed by atoms with Gasteiger partial charge in [-0.3, -0.25) is 13.9 Å². The molecule has 44 heavy (non-hydrogen) atoms. The molecular weight excluding hydrogens is 645 g/mol. The molecule has 0 fully saturated rings. The molecule has 0 saturated carbocycles. The van der Waals surface area contributed by atoms with E-state index in [4.69, 9.17) is 0 Å². The lowest BCUT2D eigenvalue weighted by Crippen LogP contribution is -2.54. The minimum Gasteiger partial charge on any atom is -0.352 e. The third-order valence-electron chi connectivity index (χ3n) is 7.26. The Balaban J connectivity index is 1.79. The zero-order valence-electron chi connectivity index (χ0n) is 24.6. The monoisotopic (exact) mass is 679 g/mol. The van der Waals surface area contributed by atoms with Gasteiger partial charge in [-0.2, -0.15) is 0 Å². The Hall–Kier alpha value is -4.02. The summed E-state index contributed by atoms with van der Waals surface area (Å²) in [6.07, 6.45) is 0.908. The van der Waals surface area contributed by atoms with Crippen molar-refractivity contribution in [3.05, 3.63) is 131 Å². The first kappa shape index (κ1) is 32.9. The minimum atomic E-state index is -4.25. The van der Waals surface area contributed by atoms with Crippen LogP contribution in [-0.2, 0) is 32.6 Å². The fourth-order valence-electron chi connectivity index (χ4n) is 4.64. The van der Waals surface area contributed by atoms with Gasteiger partial charge >= 0.3 is 0 Å². The van der Waals surface area contributed by atoms with Crippen LogP contribution in [0.1, 0.15) is 31.4 Å². The van der Waals surface area contributed by atoms with Gasteiger partial charge in [0.25, 0.3) is 10.0 Å². The van der Waals surface area contributed by atoms with Crippen LogP contribution in [-0.4, -0.2) is 43.8 Å². The van der Waals surface area contributed by atoms with Crippen molar-refractivity contribution in [2.45, 2.75) is 50.2 Å². The number of sulfonamides is 1. The second kappa shape index (κ2) is 15.1. The van der Waals surface area contributed by atoms with Gasteiger partial charge < -0.3 is 10.2 Å². The second-order valence-corrected chi connectivity index (χ2v) is 13.3. The van der Waals surface area contributed by atoms with Gasteiger partial charge in [0.05, 0.1) is 10.6 Å². The van der Waals surface area contributed by atoms with Crippen LogP contribution in [0.3, 0.4) is 0 Å². The Morgan fingerprint density at radius 2 is 1.43 bits per heavy atom. The molecule has 230 valence electrons. The number of nitrogens with one attached hydrogen (secondary N) is 1. The molecular formula is C34H35BrFN3O4S. The highest BCUT2D eigenvalue weighted by molar-refractivity contribution is 9.10. The maximum atomic E-state index is 14.4. The molecule has 0 saturated heterocycles. The van der Waals surface area contributed by atoms with Gasteiger partial charge in [-0.25, -0.2) is 12.8 Å². The summed E-state index contributed by atoms with van der Waals surface area (Å²) in [6, 6.07) is 28.3. The molecule has 0 bridgehead atoms. The van der Waals surface area contributed by atoms with Crippen LogP contribution in [0.15, 0.2) is 119 Å². The first-order valence-corrected chi connectivity index (χ1v) is 16.5. The molecule has 0 heterocycles. The van der Waals surface area contributed by atoms with Crippen molar-refractivity contribution in [1.82, 2.24) is 10.2 Å². The van der Waals surface area contributed by atoms with Crippen molar-refractivity contribution in [1.29, 1.82) is 0 Å². The lowest BCUT2D eigenvalue weighted by atomic mass is 10.0. The van der Waals surface area contributed by atoms with E-state index in [0.29, 0.717) is 6.42 Å². The number of amides is 2. The number of hydrogen-bond acceptors (Lipinski definition) is 4. The van der Waals surface area contributed by atoms with Gasteiger partial charge in [0.1, 0.15) is 18.4 Å². The fourth-order valence-corrected chi connectivity index (χ4v) is 6.34. The predicted molar refractivity (Wildman–Crippen MR) is 174 cm³/mol. The summed E-state index contributed by atoms with van der Waals surface area (Å²) in [5.74, 6) is -1.47. The van der Waals surface area contributed by atoms with E-state index in [1.807, 2.05) is 68.4 Å². The van der Waals surface area contributed by atoms with Crippen molar-refractivity contribution in [2.75, 3.05) is 10.8 Å². The van der Waals surface area contributed by atoms with Crippen LogP contribution in [0.25, 0.3) is 0 Å². The summed E-state index contributed by atoms with van der Waals surface area (Å²) in [6.45, 7) is 3.29. The van der Waals surface area contributed by atoms with E-state index in [-0.39, 0.29) is 35.5 Å². The summed E-state index contributed by atoms with van der Waals surface area (Å²) in [4.78, 5) is 29.6. The number of carbonyl (C=O) groups excluding carboxylic acids is 2. The quantitative estimate of drug-likeness (QED) is 0.179. The van der Waals surface area contributed by atoms with Gasteiger partial charge in [-0.15, -0.1) is 0 Å². The molecule has 2 unspecified atom stereocenters. The third-order valence-corrected chi connectivity index (χ3v) is 9.58. The Kier molecular flexibility index (Phi) is 11.3. The Bertz CT molecular complexity index is 1640. The summed E-state index contributed by atoms with van der Waals surface area (Å²) in [7, 11) is -4.25. The average Bonchev–Trinajstić information content (AvgIpc) is 3.03. The van der Waals surface area contributed by atoms with Gasteiger partial charge in [0, 0.05) is 23.5 Å². The summed E-state index contributed by atoms with van der Waals surface area (Å²) < 4.78 is 43.5. The van der Waals surface area contributed by atoms with Crippen molar-refractivity contribution >= 4 is 43.5 Å². The molecule has 2 amide bonds. The summed E-state index contributed by atoms with van der Waals surface area (Å²) in [5.41, 5.74) is 1.73. The molecule has 0 spiro atoms. The standard InChI is InChI=1S/C34H35BrFN3O4S/c1-3-25(2)37-34(41)32(22-26-10-6-4-7-11-26)38(23-27-14-16-28(35)17-15-27)33(40)24-39(30-20-18-29(36)19-21-30)44(42,43)31-12-8-5-9-13-31/h4-21,25,32H,3,22-24H2,1-2H3,(H,37,41). The number of halogens is 2. The van der Waals surface area contributed by atoms with E-state index < -0.39 is 34.3 Å². The van der Waals surface area contributed by atoms with Gasteiger partial charge in [0.15, 0.2) is 0 Å². The van der Waals surface area contributed by atoms with Crippen LogP contribution in [0, 0.1) is 5.82 Å². The Morgan fingerprint density at radius 1 is 0.841 bits per heavy atom. The molecule has 0 aliphatic rings. The van der Waals surface area contributed by atoms with Gasteiger partial charge in [0.2, 0.25) is 11.8 Å². The number of carbonyl (C=O) groups is 2. The number of benzene rings is 4. The van der Waals surface area contributed by atoms with E-state index in [1.165, 1.54) is 29.2 Å². The maximum Gasteiger partial charge on any atom is 0.264 e. The number of hydrogen-bond donors (Lipinski definition) is 1. The highest BCUT2D eigenvalue weighted by atomic mass is 79.9. The minimum absolute atomic E-state index is 0.0214. The van der Waals surface area contributed by atoms with Gasteiger partial charge in [-0.1, -0.05) is 83.5 Å². The highest BCUT2D eigenvalue weighted by Gasteiger charge is 2.35. The van der Waals surface area contributed by atoms with Crippen molar-refractivity contribution in [3.8, 4) is 0 Å². The third kappa shape index (κ3) is 8.54. The lowest BCUT2D eigenvalue weighted by molar-refractivity contribution is -0.140. The fraction of sp³-hybridized carbons (Fsp3) is 0.235. The number of nitrogens with zero attached hydrogens (tertiary/aromatic N) is 2. The van der Waals surface area contributed by atoms with Crippen LogP contribution >= 0.6 is 15.9 Å². The van der Waals surface area contributed by atoms with Crippen LogP contribution in [0.5, 0.6) is 0 Å². The molecule has 0 aliphatic heterocycles. The number of rotatable bonds is 13. The zero-order chi connectivity index (χ0) is 31.7. The predicted octanol–water partition coefficient (Wildman–Crippen LogP) is 6.34. The topological polar surface area (TPSA) is 86.8 Å². The molecule has 1 N–H and O–H groups in total. The first-order chi connectivity index (χ1) is 21.1. The molecule has 4 aromatic carbocycles. The average molecular weight is 681 g/mol. The van der Waals surface area contributed by atoms with Crippen LogP contribution in [0.2, 0.25) is 0 Å².